The second-order valence-corrected chi connectivity index (χ2v) is 6.97. The van der Waals surface area contributed by atoms with Crippen molar-refractivity contribution < 1.29 is 19.5 Å². The van der Waals surface area contributed by atoms with Crippen LogP contribution in [0.4, 0.5) is 4.79 Å². The number of amides is 3. The van der Waals surface area contributed by atoms with Crippen LogP contribution in [-0.4, -0.2) is 59.0 Å². The van der Waals surface area contributed by atoms with Crippen LogP contribution in [0.3, 0.4) is 0 Å². The van der Waals surface area contributed by atoms with Gasteiger partial charge < -0.3 is 20.2 Å². The molecule has 0 bridgehead atoms. The summed E-state index contributed by atoms with van der Waals surface area (Å²) in [6, 6.07) is 6.24. The third kappa shape index (κ3) is 3.56. The molecule has 0 spiro atoms. The molecule has 0 radical (unpaired) electrons. The molecule has 0 saturated carbocycles. The Morgan fingerprint density at radius 1 is 1.28 bits per heavy atom. The standard InChI is InChI=1S/C17H20ClN3O4/c1-20-14(22)8-13(15(20)10-2-4-12(18)5-3-10)19-17(25)21-7-6-11(9-21)16(23)24/h2-5,11,13,15H,6-9H2,1H3,(H,19,25)(H,23,24). The monoisotopic (exact) mass is 365 g/mol. The molecule has 3 unspecified atom stereocenters. The second kappa shape index (κ2) is 6.92. The molecule has 2 fully saturated rings. The van der Waals surface area contributed by atoms with Gasteiger partial charge in [0.25, 0.3) is 0 Å². The van der Waals surface area contributed by atoms with E-state index in [-0.39, 0.29) is 37.0 Å². The lowest BCUT2D eigenvalue weighted by atomic mass is 10.0. The van der Waals surface area contributed by atoms with E-state index in [4.69, 9.17) is 16.7 Å². The number of likely N-dealkylation sites (N-methyl/N-ethyl adjacent to an activating group) is 1. The largest absolute Gasteiger partial charge is 0.481 e. The van der Waals surface area contributed by atoms with Crippen LogP contribution in [0.1, 0.15) is 24.4 Å². The van der Waals surface area contributed by atoms with Gasteiger partial charge >= 0.3 is 12.0 Å². The first-order valence-corrected chi connectivity index (χ1v) is 8.54. The van der Waals surface area contributed by atoms with E-state index in [1.54, 1.807) is 24.1 Å². The lowest BCUT2D eigenvalue weighted by Gasteiger charge is -2.27. The lowest BCUT2D eigenvalue weighted by Crippen LogP contribution is -2.46. The Balaban J connectivity index is 1.71. The molecule has 2 aliphatic rings. The van der Waals surface area contributed by atoms with E-state index < -0.39 is 11.9 Å². The molecular weight excluding hydrogens is 346 g/mol. The number of carboxylic acids is 1. The van der Waals surface area contributed by atoms with Gasteiger partial charge in [0.05, 0.1) is 18.0 Å². The van der Waals surface area contributed by atoms with Crippen LogP contribution in [-0.2, 0) is 9.59 Å². The average Bonchev–Trinajstić information content (AvgIpc) is 3.15. The van der Waals surface area contributed by atoms with Crippen LogP contribution in [0, 0.1) is 5.92 Å². The van der Waals surface area contributed by atoms with Crippen LogP contribution in [0.5, 0.6) is 0 Å². The molecule has 3 atom stereocenters. The Labute approximate surface area is 150 Å². The molecule has 3 rings (SSSR count). The minimum Gasteiger partial charge on any atom is -0.481 e. The van der Waals surface area contributed by atoms with Gasteiger partial charge in [-0.25, -0.2) is 4.79 Å². The van der Waals surface area contributed by atoms with E-state index in [1.807, 2.05) is 12.1 Å². The molecule has 25 heavy (non-hydrogen) atoms. The first kappa shape index (κ1) is 17.5. The van der Waals surface area contributed by atoms with Gasteiger partial charge in [-0.05, 0) is 24.1 Å². The Bertz CT molecular complexity index is 694. The molecule has 2 N–H and O–H groups in total. The first-order valence-electron chi connectivity index (χ1n) is 8.16. The molecule has 7 nitrogen and oxygen atoms in total. The van der Waals surface area contributed by atoms with Crippen LogP contribution in [0.15, 0.2) is 24.3 Å². The third-order valence-electron chi connectivity index (χ3n) is 4.93. The van der Waals surface area contributed by atoms with Crippen molar-refractivity contribution in [3.63, 3.8) is 0 Å². The quantitative estimate of drug-likeness (QED) is 0.853. The maximum atomic E-state index is 12.5. The average molecular weight is 366 g/mol. The maximum Gasteiger partial charge on any atom is 0.317 e. The van der Waals surface area contributed by atoms with Crippen molar-refractivity contribution in [3.8, 4) is 0 Å². The van der Waals surface area contributed by atoms with Gasteiger partial charge in [-0.3, -0.25) is 9.59 Å². The van der Waals surface area contributed by atoms with Crippen molar-refractivity contribution >= 4 is 29.5 Å². The minimum atomic E-state index is -0.884. The van der Waals surface area contributed by atoms with Crippen LogP contribution >= 0.6 is 11.6 Å². The summed E-state index contributed by atoms with van der Waals surface area (Å²) in [5, 5.41) is 12.6. The van der Waals surface area contributed by atoms with E-state index in [0.29, 0.717) is 18.0 Å². The highest BCUT2D eigenvalue weighted by Gasteiger charge is 2.40. The number of rotatable bonds is 3. The van der Waals surface area contributed by atoms with E-state index >= 15 is 0 Å². The van der Waals surface area contributed by atoms with Gasteiger partial charge in [-0.2, -0.15) is 0 Å². The molecule has 1 aromatic rings. The number of urea groups is 1. The predicted molar refractivity (Wildman–Crippen MR) is 91.2 cm³/mol. The molecule has 2 heterocycles. The fraction of sp³-hybridized carbons (Fsp3) is 0.471. The van der Waals surface area contributed by atoms with Crippen LogP contribution < -0.4 is 5.32 Å². The highest BCUT2D eigenvalue weighted by atomic mass is 35.5. The third-order valence-corrected chi connectivity index (χ3v) is 5.18. The van der Waals surface area contributed by atoms with Gasteiger partial charge in [-0.1, -0.05) is 23.7 Å². The van der Waals surface area contributed by atoms with Crippen molar-refractivity contribution in [1.82, 2.24) is 15.1 Å². The number of carboxylic acid groups (broad SMARTS) is 1. The Kier molecular flexibility index (Phi) is 4.85. The molecule has 0 aromatic heterocycles. The number of aliphatic carboxylic acids is 1. The Morgan fingerprint density at radius 3 is 2.56 bits per heavy atom. The fourth-order valence-electron chi connectivity index (χ4n) is 3.51. The summed E-state index contributed by atoms with van der Waals surface area (Å²) < 4.78 is 0. The summed E-state index contributed by atoms with van der Waals surface area (Å²) in [4.78, 5) is 38.8. The molecule has 134 valence electrons. The fourth-order valence-corrected chi connectivity index (χ4v) is 3.64. The minimum absolute atomic E-state index is 0.0462. The van der Waals surface area contributed by atoms with Crippen LogP contribution in [0.25, 0.3) is 0 Å². The number of carbonyl (C=O) groups is 3. The summed E-state index contributed by atoms with van der Waals surface area (Å²) in [7, 11) is 1.71. The Morgan fingerprint density at radius 2 is 1.96 bits per heavy atom. The summed E-state index contributed by atoms with van der Waals surface area (Å²) in [5.74, 6) is -1.45. The summed E-state index contributed by atoms with van der Waals surface area (Å²) in [6.45, 7) is 0.605. The number of hydrogen-bond acceptors (Lipinski definition) is 3. The summed E-state index contributed by atoms with van der Waals surface area (Å²) in [5.41, 5.74) is 0.896. The lowest BCUT2D eigenvalue weighted by molar-refractivity contribution is -0.141. The van der Waals surface area contributed by atoms with Gasteiger partial charge in [0.15, 0.2) is 0 Å². The van der Waals surface area contributed by atoms with Crippen molar-refractivity contribution in [3.05, 3.63) is 34.9 Å². The van der Waals surface area contributed by atoms with Crippen molar-refractivity contribution in [1.29, 1.82) is 0 Å². The van der Waals surface area contributed by atoms with Crippen molar-refractivity contribution in [2.75, 3.05) is 20.1 Å². The van der Waals surface area contributed by atoms with Gasteiger partial charge in [0, 0.05) is 31.6 Å². The number of carbonyl (C=O) groups excluding carboxylic acids is 2. The smallest absolute Gasteiger partial charge is 0.317 e. The number of nitrogens with zero attached hydrogens (tertiary/aromatic N) is 2. The molecule has 1 aromatic carbocycles. The van der Waals surface area contributed by atoms with E-state index in [9.17, 15) is 14.4 Å². The molecule has 2 saturated heterocycles. The Hall–Kier alpha value is -2.28. The van der Waals surface area contributed by atoms with Gasteiger partial charge in [-0.15, -0.1) is 0 Å². The zero-order valence-corrected chi connectivity index (χ0v) is 14.6. The highest BCUT2D eigenvalue weighted by Crippen LogP contribution is 2.32. The molecule has 3 amide bonds. The number of hydrogen-bond donors (Lipinski definition) is 2. The number of benzene rings is 1. The number of likely N-dealkylation sites (tertiary alicyclic amines) is 2. The van der Waals surface area contributed by atoms with E-state index in [1.165, 1.54) is 4.90 Å². The maximum absolute atomic E-state index is 12.5. The van der Waals surface area contributed by atoms with Gasteiger partial charge in [0.2, 0.25) is 5.91 Å². The zero-order valence-electron chi connectivity index (χ0n) is 13.8. The molecule has 2 aliphatic heterocycles. The second-order valence-electron chi connectivity index (χ2n) is 6.53. The first-order chi connectivity index (χ1) is 11.9. The summed E-state index contributed by atoms with van der Waals surface area (Å²) in [6.07, 6.45) is 0.665. The predicted octanol–water partition coefficient (Wildman–Crippen LogP) is 1.73. The van der Waals surface area contributed by atoms with Crippen LogP contribution in [0.2, 0.25) is 5.02 Å². The zero-order chi connectivity index (χ0) is 18.1. The highest BCUT2D eigenvalue weighted by molar-refractivity contribution is 6.30. The molecular formula is C17H20ClN3O4. The topological polar surface area (TPSA) is 90.0 Å². The molecule has 0 aliphatic carbocycles. The van der Waals surface area contributed by atoms with E-state index in [2.05, 4.69) is 5.32 Å². The normalized spacial score (nSPS) is 26.2. The van der Waals surface area contributed by atoms with Gasteiger partial charge in [0.1, 0.15) is 0 Å². The van der Waals surface area contributed by atoms with E-state index in [0.717, 1.165) is 5.56 Å². The summed E-state index contributed by atoms with van der Waals surface area (Å²) >= 11 is 5.92. The number of nitrogens with one attached hydrogen (secondary N) is 1. The van der Waals surface area contributed by atoms with Crippen molar-refractivity contribution in [2.45, 2.75) is 24.9 Å². The number of halogens is 1. The van der Waals surface area contributed by atoms with Crippen molar-refractivity contribution in [2.24, 2.45) is 5.92 Å². The molecule has 8 heteroatoms. The SMILES string of the molecule is CN1C(=O)CC(NC(=O)N2CCC(C(=O)O)C2)C1c1ccc(Cl)cc1.